The van der Waals surface area contributed by atoms with E-state index in [-0.39, 0.29) is 5.95 Å². The number of nitrogens with two attached hydrogens (primary N) is 2. The Bertz CT molecular complexity index is 484. The number of para-hydroxylation sites is 1. The highest BCUT2D eigenvalue weighted by molar-refractivity contribution is 5.37. The van der Waals surface area contributed by atoms with Crippen molar-refractivity contribution < 1.29 is 4.74 Å². The van der Waals surface area contributed by atoms with E-state index < -0.39 is 0 Å². The number of hydrogen-bond acceptors (Lipinski definition) is 5. The lowest BCUT2D eigenvalue weighted by molar-refractivity contribution is 0.471. The van der Waals surface area contributed by atoms with Crippen LogP contribution >= 0.6 is 0 Å². The molecule has 0 saturated carbocycles. The number of hydrogen-bond donors (Lipinski definition) is 2. The van der Waals surface area contributed by atoms with Crippen LogP contribution in [0.1, 0.15) is 5.56 Å². The molecule has 2 aromatic rings. The van der Waals surface area contributed by atoms with Gasteiger partial charge in [0.2, 0.25) is 5.95 Å². The molecule has 0 bridgehead atoms. The maximum absolute atomic E-state index is 5.68. The van der Waals surface area contributed by atoms with E-state index in [1.54, 1.807) is 12.4 Å². The Balaban J connectivity index is 2.20. The monoisotopic (exact) mass is 230 g/mol. The molecule has 1 aromatic carbocycles. The van der Waals surface area contributed by atoms with E-state index >= 15 is 0 Å². The summed E-state index contributed by atoms with van der Waals surface area (Å²) >= 11 is 0. The van der Waals surface area contributed by atoms with E-state index in [1.807, 2.05) is 24.3 Å². The molecule has 0 aliphatic carbocycles. The van der Waals surface area contributed by atoms with E-state index in [4.69, 9.17) is 16.2 Å². The molecule has 0 aliphatic heterocycles. The van der Waals surface area contributed by atoms with Gasteiger partial charge in [0.05, 0.1) is 12.4 Å². The molecule has 0 spiro atoms. The Morgan fingerprint density at radius 3 is 2.53 bits per heavy atom. The first kappa shape index (κ1) is 11.3. The average Bonchev–Trinajstić information content (AvgIpc) is 2.35. The van der Waals surface area contributed by atoms with Crippen molar-refractivity contribution in [2.75, 3.05) is 12.3 Å². The molecule has 0 fully saturated rings. The van der Waals surface area contributed by atoms with Gasteiger partial charge in [0.25, 0.3) is 0 Å². The first-order chi connectivity index (χ1) is 8.29. The fraction of sp³-hybridized carbons (Fsp3) is 0.167. The van der Waals surface area contributed by atoms with E-state index in [1.165, 1.54) is 0 Å². The summed E-state index contributed by atoms with van der Waals surface area (Å²) in [6.45, 7) is 0.582. The predicted octanol–water partition coefficient (Wildman–Crippen LogP) is 1.35. The van der Waals surface area contributed by atoms with Crippen molar-refractivity contribution in [1.29, 1.82) is 0 Å². The molecule has 0 atom stereocenters. The van der Waals surface area contributed by atoms with Crippen molar-refractivity contribution in [3.63, 3.8) is 0 Å². The van der Waals surface area contributed by atoms with Crippen LogP contribution in [0.15, 0.2) is 36.7 Å². The van der Waals surface area contributed by atoms with E-state index in [0.717, 1.165) is 17.7 Å². The molecule has 0 aliphatic rings. The third kappa shape index (κ3) is 2.92. The zero-order valence-electron chi connectivity index (χ0n) is 9.34. The van der Waals surface area contributed by atoms with Gasteiger partial charge in [-0.05, 0) is 24.6 Å². The van der Waals surface area contributed by atoms with Crippen LogP contribution in [0.3, 0.4) is 0 Å². The predicted molar refractivity (Wildman–Crippen MR) is 65.7 cm³/mol. The first-order valence-corrected chi connectivity index (χ1v) is 5.33. The lowest BCUT2D eigenvalue weighted by Gasteiger charge is -2.09. The number of rotatable bonds is 4. The molecule has 1 heterocycles. The molecule has 0 saturated heterocycles. The Morgan fingerprint density at radius 2 is 1.82 bits per heavy atom. The first-order valence-electron chi connectivity index (χ1n) is 5.33. The summed E-state index contributed by atoms with van der Waals surface area (Å²) in [5, 5.41) is 0. The Hall–Kier alpha value is -2.14. The number of nitrogens with zero attached hydrogens (tertiary/aromatic N) is 2. The maximum Gasteiger partial charge on any atom is 0.220 e. The molecule has 4 N–H and O–H groups in total. The Kier molecular flexibility index (Phi) is 3.52. The zero-order valence-corrected chi connectivity index (χ0v) is 9.34. The van der Waals surface area contributed by atoms with Gasteiger partial charge in [-0.15, -0.1) is 0 Å². The molecule has 17 heavy (non-hydrogen) atoms. The summed E-state index contributed by atoms with van der Waals surface area (Å²) in [5.41, 5.74) is 12.0. The van der Waals surface area contributed by atoms with Crippen LogP contribution in [0.25, 0.3) is 0 Å². The number of benzene rings is 1. The average molecular weight is 230 g/mol. The van der Waals surface area contributed by atoms with Crippen LogP contribution in [0.5, 0.6) is 11.5 Å². The fourth-order valence-electron chi connectivity index (χ4n) is 1.47. The second-order valence-electron chi connectivity index (χ2n) is 3.53. The fourth-order valence-corrected chi connectivity index (χ4v) is 1.47. The van der Waals surface area contributed by atoms with Crippen molar-refractivity contribution in [1.82, 2.24) is 9.97 Å². The quantitative estimate of drug-likeness (QED) is 0.827. The lowest BCUT2D eigenvalue weighted by atomic mass is 10.1. The standard InChI is InChI=1S/C12H14N4O/c13-6-5-9-3-1-2-4-11(9)17-10-7-15-12(14)16-8-10/h1-4,7-8H,5-6,13H2,(H2,14,15,16). The number of aromatic nitrogens is 2. The summed E-state index contributed by atoms with van der Waals surface area (Å²) in [6, 6.07) is 7.74. The smallest absolute Gasteiger partial charge is 0.220 e. The van der Waals surface area contributed by atoms with Crippen LogP contribution in [0.2, 0.25) is 0 Å². The van der Waals surface area contributed by atoms with Crippen LogP contribution < -0.4 is 16.2 Å². The molecule has 5 heteroatoms. The minimum absolute atomic E-state index is 0.229. The molecular formula is C12H14N4O. The van der Waals surface area contributed by atoms with Gasteiger partial charge in [0.1, 0.15) is 5.75 Å². The SMILES string of the molecule is NCCc1ccccc1Oc1cnc(N)nc1. The molecule has 0 amide bonds. The van der Waals surface area contributed by atoms with Crippen LogP contribution in [0, 0.1) is 0 Å². The third-order valence-electron chi connectivity index (χ3n) is 2.26. The molecule has 1 aromatic heterocycles. The minimum atomic E-state index is 0.229. The molecular weight excluding hydrogens is 216 g/mol. The van der Waals surface area contributed by atoms with Crippen LogP contribution in [-0.4, -0.2) is 16.5 Å². The molecule has 0 unspecified atom stereocenters. The van der Waals surface area contributed by atoms with Crippen molar-refractivity contribution in [2.24, 2.45) is 5.73 Å². The Labute approximate surface area is 99.5 Å². The van der Waals surface area contributed by atoms with E-state index in [9.17, 15) is 0 Å². The Morgan fingerprint density at radius 1 is 1.12 bits per heavy atom. The molecule has 5 nitrogen and oxygen atoms in total. The third-order valence-corrected chi connectivity index (χ3v) is 2.26. The highest BCUT2D eigenvalue weighted by Gasteiger charge is 2.04. The molecule has 2 rings (SSSR count). The van der Waals surface area contributed by atoms with E-state index in [2.05, 4.69) is 9.97 Å². The maximum atomic E-state index is 5.68. The zero-order chi connectivity index (χ0) is 12.1. The summed E-state index contributed by atoms with van der Waals surface area (Å²) in [5.74, 6) is 1.56. The van der Waals surface area contributed by atoms with Crippen LogP contribution in [0.4, 0.5) is 5.95 Å². The van der Waals surface area contributed by atoms with Gasteiger partial charge in [-0.2, -0.15) is 0 Å². The van der Waals surface area contributed by atoms with Gasteiger partial charge in [-0.3, -0.25) is 0 Å². The molecule has 88 valence electrons. The lowest BCUT2D eigenvalue weighted by Crippen LogP contribution is -2.04. The van der Waals surface area contributed by atoms with Crippen molar-refractivity contribution >= 4 is 5.95 Å². The van der Waals surface area contributed by atoms with Gasteiger partial charge < -0.3 is 16.2 Å². The second kappa shape index (κ2) is 5.27. The van der Waals surface area contributed by atoms with Crippen molar-refractivity contribution in [2.45, 2.75) is 6.42 Å². The highest BCUT2D eigenvalue weighted by atomic mass is 16.5. The van der Waals surface area contributed by atoms with Gasteiger partial charge in [-0.1, -0.05) is 18.2 Å². The van der Waals surface area contributed by atoms with Gasteiger partial charge in [0, 0.05) is 0 Å². The van der Waals surface area contributed by atoms with Crippen molar-refractivity contribution in [3.05, 3.63) is 42.2 Å². The van der Waals surface area contributed by atoms with Crippen LogP contribution in [-0.2, 0) is 6.42 Å². The van der Waals surface area contributed by atoms with Gasteiger partial charge in [0.15, 0.2) is 5.75 Å². The number of anilines is 1. The number of ether oxygens (including phenoxy) is 1. The van der Waals surface area contributed by atoms with Gasteiger partial charge in [-0.25, -0.2) is 9.97 Å². The minimum Gasteiger partial charge on any atom is -0.454 e. The number of nitrogen functional groups attached to an aromatic ring is 1. The molecule has 0 radical (unpaired) electrons. The normalized spacial score (nSPS) is 10.2. The van der Waals surface area contributed by atoms with Crippen molar-refractivity contribution in [3.8, 4) is 11.5 Å². The second-order valence-corrected chi connectivity index (χ2v) is 3.53. The summed E-state index contributed by atoms with van der Waals surface area (Å²) in [4.78, 5) is 7.74. The van der Waals surface area contributed by atoms with E-state index in [0.29, 0.717) is 12.3 Å². The topological polar surface area (TPSA) is 87.0 Å². The van der Waals surface area contributed by atoms with Gasteiger partial charge >= 0.3 is 0 Å². The summed E-state index contributed by atoms with van der Waals surface area (Å²) in [7, 11) is 0. The largest absolute Gasteiger partial charge is 0.454 e. The highest BCUT2D eigenvalue weighted by Crippen LogP contribution is 2.24. The summed E-state index contributed by atoms with van der Waals surface area (Å²) in [6.07, 6.45) is 3.86. The summed E-state index contributed by atoms with van der Waals surface area (Å²) < 4.78 is 5.68.